The third kappa shape index (κ3) is 3.04. The lowest BCUT2D eigenvalue weighted by atomic mass is 10.2. The number of pyridine rings is 2. The first-order chi connectivity index (χ1) is 9.22. The first-order valence-electron chi connectivity index (χ1n) is 5.81. The SMILES string of the molecule is CCNc1ccncc1C(=O)Nc1ccncc1F. The van der Waals surface area contributed by atoms with Crippen LogP contribution in [0.3, 0.4) is 0 Å². The van der Waals surface area contributed by atoms with Gasteiger partial charge in [-0.3, -0.25) is 14.8 Å². The molecule has 1 amide bonds. The lowest BCUT2D eigenvalue weighted by Crippen LogP contribution is -2.16. The van der Waals surface area contributed by atoms with E-state index in [4.69, 9.17) is 0 Å². The summed E-state index contributed by atoms with van der Waals surface area (Å²) in [6.45, 7) is 2.60. The van der Waals surface area contributed by atoms with E-state index in [1.165, 1.54) is 18.5 Å². The highest BCUT2D eigenvalue weighted by atomic mass is 19.1. The molecule has 0 aromatic carbocycles. The molecule has 0 fully saturated rings. The fourth-order valence-corrected chi connectivity index (χ4v) is 1.59. The average molecular weight is 260 g/mol. The number of carbonyl (C=O) groups is 1. The first kappa shape index (κ1) is 12.9. The Hall–Kier alpha value is -2.50. The molecule has 0 saturated heterocycles. The van der Waals surface area contributed by atoms with Gasteiger partial charge in [0, 0.05) is 25.1 Å². The van der Waals surface area contributed by atoms with Gasteiger partial charge in [-0.25, -0.2) is 4.39 Å². The Labute approximate surface area is 109 Å². The van der Waals surface area contributed by atoms with Crippen LogP contribution < -0.4 is 10.6 Å². The van der Waals surface area contributed by atoms with E-state index in [1.54, 1.807) is 12.3 Å². The molecule has 6 heteroatoms. The summed E-state index contributed by atoms with van der Waals surface area (Å²) in [5.74, 6) is -1.00. The Morgan fingerprint density at radius 3 is 2.58 bits per heavy atom. The van der Waals surface area contributed by atoms with Gasteiger partial charge >= 0.3 is 0 Å². The maximum atomic E-state index is 13.4. The van der Waals surface area contributed by atoms with Crippen LogP contribution in [0, 0.1) is 5.82 Å². The largest absolute Gasteiger partial charge is 0.385 e. The van der Waals surface area contributed by atoms with Crippen molar-refractivity contribution in [1.29, 1.82) is 0 Å². The highest BCUT2D eigenvalue weighted by Crippen LogP contribution is 2.17. The van der Waals surface area contributed by atoms with Crippen LogP contribution in [0.4, 0.5) is 15.8 Å². The molecule has 2 aromatic rings. The zero-order valence-electron chi connectivity index (χ0n) is 10.4. The van der Waals surface area contributed by atoms with Gasteiger partial charge in [0.2, 0.25) is 0 Å². The summed E-state index contributed by atoms with van der Waals surface area (Å²) in [7, 11) is 0. The molecule has 0 aliphatic rings. The van der Waals surface area contributed by atoms with E-state index in [0.717, 1.165) is 6.20 Å². The number of nitrogens with zero attached hydrogens (tertiary/aromatic N) is 2. The van der Waals surface area contributed by atoms with Crippen LogP contribution in [0.5, 0.6) is 0 Å². The van der Waals surface area contributed by atoms with Crippen molar-refractivity contribution in [3.63, 3.8) is 0 Å². The van der Waals surface area contributed by atoms with Gasteiger partial charge < -0.3 is 10.6 Å². The van der Waals surface area contributed by atoms with E-state index < -0.39 is 11.7 Å². The van der Waals surface area contributed by atoms with Crippen molar-refractivity contribution in [2.75, 3.05) is 17.2 Å². The van der Waals surface area contributed by atoms with Gasteiger partial charge in [-0.05, 0) is 19.1 Å². The van der Waals surface area contributed by atoms with Gasteiger partial charge in [-0.2, -0.15) is 0 Å². The topological polar surface area (TPSA) is 66.9 Å². The monoisotopic (exact) mass is 260 g/mol. The molecule has 0 bridgehead atoms. The van der Waals surface area contributed by atoms with Crippen molar-refractivity contribution < 1.29 is 9.18 Å². The Morgan fingerprint density at radius 1 is 1.21 bits per heavy atom. The summed E-state index contributed by atoms with van der Waals surface area (Å²) in [6.07, 6.45) is 5.48. The Balaban J connectivity index is 2.23. The maximum Gasteiger partial charge on any atom is 0.259 e. The number of hydrogen-bond acceptors (Lipinski definition) is 4. The molecule has 2 rings (SSSR count). The number of rotatable bonds is 4. The van der Waals surface area contributed by atoms with Gasteiger partial charge in [-0.1, -0.05) is 0 Å². The average Bonchev–Trinajstić information content (AvgIpc) is 2.42. The molecular formula is C13H13FN4O. The maximum absolute atomic E-state index is 13.4. The Bertz CT molecular complexity index is 588. The molecule has 0 aliphatic carbocycles. The molecule has 0 spiro atoms. The van der Waals surface area contributed by atoms with Crippen molar-refractivity contribution in [3.8, 4) is 0 Å². The van der Waals surface area contributed by atoms with E-state index in [9.17, 15) is 9.18 Å². The van der Waals surface area contributed by atoms with E-state index in [2.05, 4.69) is 20.6 Å². The minimum Gasteiger partial charge on any atom is -0.385 e. The second-order valence-corrected chi connectivity index (χ2v) is 3.76. The van der Waals surface area contributed by atoms with Crippen LogP contribution in [-0.2, 0) is 0 Å². The van der Waals surface area contributed by atoms with Crippen LogP contribution in [0.2, 0.25) is 0 Å². The molecule has 0 saturated carbocycles. The number of hydrogen-bond donors (Lipinski definition) is 2. The van der Waals surface area contributed by atoms with Crippen molar-refractivity contribution in [3.05, 3.63) is 48.3 Å². The van der Waals surface area contributed by atoms with Crippen molar-refractivity contribution >= 4 is 17.3 Å². The number of amides is 1. The fourth-order valence-electron chi connectivity index (χ4n) is 1.59. The number of anilines is 2. The molecule has 0 aliphatic heterocycles. The van der Waals surface area contributed by atoms with E-state index in [0.29, 0.717) is 17.8 Å². The van der Waals surface area contributed by atoms with Gasteiger partial charge in [-0.15, -0.1) is 0 Å². The summed E-state index contributed by atoms with van der Waals surface area (Å²) >= 11 is 0. The second kappa shape index (κ2) is 5.90. The third-order valence-electron chi connectivity index (χ3n) is 2.45. The number of halogens is 1. The van der Waals surface area contributed by atoms with Crippen molar-refractivity contribution in [2.45, 2.75) is 6.92 Å². The zero-order valence-corrected chi connectivity index (χ0v) is 10.4. The van der Waals surface area contributed by atoms with Crippen LogP contribution in [-0.4, -0.2) is 22.4 Å². The Morgan fingerprint density at radius 2 is 1.89 bits per heavy atom. The van der Waals surface area contributed by atoms with Gasteiger partial charge in [0.15, 0.2) is 5.82 Å². The van der Waals surface area contributed by atoms with Crippen LogP contribution in [0.15, 0.2) is 36.9 Å². The molecule has 5 nitrogen and oxygen atoms in total. The van der Waals surface area contributed by atoms with E-state index in [-0.39, 0.29) is 5.69 Å². The molecule has 0 radical (unpaired) electrons. The first-order valence-corrected chi connectivity index (χ1v) is 5.81. The molecular weight excluding hydrogens is 247 g/mol. The summed E-state index contributed by atoms with van der Waals surface area (Å²) in [5, 5.41) is 5.54. The number of carbonyl (C=O) groups excluding carboxylic acids is 1. The molecule has 2 heterocycles. The second-order valence-electron chi connectivity index (χ2n) is 3.76. The minimum atomic E-state index is -0.579. The third-order valence-corrected chi connectivity index (χ3v) is 2.45. The van der Waals surface area contributed by atoms with E-state index in [1.807, 2.05) is 6.92 Å². The highest BCUT2D eigenvalue weighted by Gasteiger charge is 2.13. The standard InChI is InChI=1S/C13H13FN4O/c1-2-17-11-3-5-15-7-9(11)13(19)18-12-4-6-16-8-10(12)14/h3-8H,2H2,1H3,(H,15,17)(H,16,18,19). The normalized spacial score (nSPS) is 10.0. The molecule has 2 aromatic heterocycles. The number of nitrogens with one attached hydrogen (secondary N) is 2. The van der Waals surface area contributed by atoms with Crippen LogP contribution in [0.25, 0.3) is 0 Å². The van der Waals surface area contributed by atoms with Gasteiger partial charge in [0.1, 0.15) is 0 Å². The van der Waals surface area contributed by atoms with Gasteiger partial charge in [0.05, 0.1) is 23.1 Å². The number of aromatic nitrogens is 2. The Kier molecular flexibility index (Phi) is 4.02. The molecule has 0 unspecified atom stereocenters. The summed E-state index contributed by atoms with van der Waals surface area (Å²) < 4.78 is 13.4. The lowest BCUT2D eigenvalue weighted by molar-refractivity contribution is 0.102. The molecule has 0 atom stereocenters. The summed E-state index contributed by atoms with van der Waals surface area (Å²) in [6, 6.07) is 3.10. The van der Waals surface area contributed by atoms with Crippen LogP contribution in [0.1, 0.15) is 17.3 Å². The highest BCUT2D eigenvalue weighted by molar-refractivity contribution is 6.07. The minimum absolute atomic E-state index is 0.0892. The molecule has 2 N–H and O–H groups in total. The lowest BCUT2D eigenvalue weighted by Gasteiger charge is -2.10. The summed E-state index contributed by atoms with van der Waals surface area (Å²) in [5.41, 5.74) is 1.11. The van der Waals surface area contributed by atoms with Crippen LogP contribution >= 0.6 is 0 Å². The quantitative estimate of drug-likeness (QED) is 0.885. The molecule has 98 valence electrons. The van der Waals surface area contributed by atoms with Gasteiger partial charge in [0.25, 0.3) is 5.91 Å². The predicted molar refractivity (Wildman–Crippen MR) is 70.5 cm³/mol. The fraction of sp³-hybridized carbons (Fsp3) is 0.154. The summed E-state index contributed by atoms with van der Waals surface area (Å²) in [4.78, 5) is 19.6. The zero-order chi connectivity index (χ0) is 13.7. The van der Waals surface area contributed by atoms with E-state index >= 15 is 0 Å². The predicted octanol–water partition coefficient (Wildman–Crippen LogP) is 2.30. The molecule has 19 heavy (non-hydrogen) atoms. The van der Waals surface area contributed by atoms with Crippen molar-refractivity contribution in [2.24, 2.45) is 0 Å². The smallest absolute Gasteiger partial charge is 0.259 e. The van der Waals surface area contributed by atoms with Crippen molar-refractivity contribution in [1.82, 2.24) is 9.97 Å².